The Bertz CT molecular complexity index is 1360. The van der Waals surface area contributed by atoms with E-state index < -0.39 is 15.9 Å². The van der Waals surface area contributed by atoms with E-state index in [4.69, 9.17) is 0 Å². The third-order valence-electron chi connectivity index (χ3n) is 6.04. The van der Waals surface area contributed by atoms with Crippen LogP contribution in [0.15, 0.2) is 65.6 Å². The number of amides is 2. The molecule has 2 amide bonds. The first kappa shape index (κ1) is 23.7. The van der Waals surface area contributed by atoms with Crippen molar-refractivity contribution in [1.82, 2.24) is 4.31 Å². The molecule has 34 heavy (non-hydrogen) atoms. The molecule has 0 aliphatic carbocycles. The molecule has 4 rings (SSSR count). The van der Waals surface area contributed by atoms with Crippen LogP contribution in [-0.4, -0.2) is 59.3 Å². The van der Waals surface area contributed by atoms with Crippen molar-refractivity contribution >= 4 is 49.7 Å². The van der Waals surface area contributed by atoms with E-state index in [0.29, 0.717) is 11.4 Å². The summed E-state index contributed by atoms with van der Waals surface area (Å²) < 4.78 is 26.3. The van der Waals surface area contributed by atoms with Crippen LogP contribution in [0, 0.1) is 5.92 Å². The Kier molecular flexibility index (Phi) is 6.33. The van der Waals surface area contributed by atoms with Gasteiger partial charge in [-0.1, -0.05) is 36.4 Å². The highest BCUT2D eigenvalue weighted by atomic mass is 32.2. The second-order valence-corrected chi connectivity index (χ2v) is 10.9. The van der Waals surface area contributed by atoms with E-state index in [2.05, 4.69) is 5.32 Å². The minimum Gasteiger partial charge on any atom is -0.376 e. The number of anilines is 3. The van der Waals surface area contributed by atoms with Gasteiger partial charge in [0.15, 0.2) is 0 Å². The van der Waals surface area contributed by atoms with E-state index >= 15 is 0 Å². The number of nitrogens with zero attached hydrogens (tertiary/aromatic N) is 3. The number of benzene rings is 3. The van der Waals surface area contributed by atoms with Gasteiger partial charge >= 0.3 is 0 Å². The molecule has 0 saturated carbocycles. The second kappa shape index (κ2) is 9.08. The molecule has 0 spiro atoms. The molecule has 3 aromatic rings. The summed E-state index contributed by atoms with van der Waals surface area (Å²) in [5, 5.41) is 4.85. The second-order valence-electron chi connectivity index (χ2n) is 8.75. The Morgan fingerprint density at radius 3 is 2.41 bits per heavy atom. The highest BCUT2D eigenvalue weighted by Gasteiger charge is 2.36. The van der Waals surface area contributed by atoms with Gasteiger partial charge in [0.25, 0.3) is 0 Å². The number of nitrogens with one attached hydrogen (secondary N) is 1. The lowest BCUT2D eigenvalue weighted by Gasteiger charge is -2.21. The molecule has 1 saturated heterocycles. The fraction of sp³-hybridized carbons (Fsp3) is 0.280. The van der Waals surface area contributed by atoms with Crippen LogP contribution >= 0.6 is 0 Å². The van der Waals surface area contributed by atoms with Gasteiger partial charge in [-0.25, -0.2) is 12.7 Å². The maximum atomic E-state index is 13.2. The predicted molar refractivity (Wildman–Crippen MR) is 135 cm³/mol. The summed E-state index contributed by atoms with van der Waals surface area (Å²) in [5.41, 5.74) is 1.83. The van der Waals surface area contributed by atoms with E-state index in [1.54, 1.807) is 15.9 Å². The van der Waals surface area contributed by atoms with Crippen LogP contribution in [0.25, 0.3) is 10.8 Å². The van der Waals surface area contributed by atoms with Crippen LogP contribution in [0.2, 0.25) is 0 Å². The van der Waals surface area contributed by atoms with Crippen LogP contribution in [0.3, 0.4) is 0 Å². The van der Waals surface area contributed by atoms with E-state index in [1.165, 1.54) is 26.2 Å². The monoisotopic (exact) mass is 480 g/mol. The smallest absolute Gasteiger partial charge is 0.242 e. The molecule has 1 aliphatic heterocycles. The molecule has 0 radical (unpaired) electrons. The summed E-state index contributed by atoms with van der Waals surface area (Å²) in [5.74, 6) is -0.998. The molecule has 1 atom stereocenters. The maximum Gasteiger partial charge on any atom is 0.242 e. The van der Waals surface area contributed by atoms with Gasteiger partial charge in [0.1, 0.15) is 0 Å². The van der Waals surface area contributed by atoms with Crippen LogP contribution in [0.5, 0.6) is 0 Å². The van der Waals surface area contributed by atoms with Crippen LogP contribution in [-0.2, 0) is 19.6 Å². The number of carbonyl (C=O) groups excluding carboxylic acids is 2. The van der Waals surface area contributed by atoms with Crippen LogP contribution in [0.1, 0.15) is 6.42 Å². The third-order valence-corrected chi connectivity index (χ3v) is 7.85. The van der Waals surface area contributed by atoms with Gasteiger partial charge in [-0.3, -0.25) is 9.59 Å². The summed E-state index contributed by atoms with van der Waals surface area (Å²) >= 11 is 0. The first-order valence-corrected chi connectivity index (χ1v) is 12.4. The van der Waals surface area contributed by atoms with Crippen molar-refractivity contribution in [2.45, 2.75) is 11.3 Å². The summed E-state index contributed by atoms with van der Waals surface area (Å²) in [6, 6.07) is 18.2. The Labute approximate surface area is 199 Å². The zero-order valence-corrected chi connectivity index (χ0v) is 20.5. The average Bonchev–Trinajstić information content (AvgIpc) is 3.19. The lowest BCUT2D eigenvalue weighted by Crippen LogP contribution is -2.29. The molecule has 178 valence electrons. The Morgan fingerprint density at radius 2 is 1.71 bits per heavy atom. The SMILES string of the molecule is CN(C)c1ccc(S(=O)(=O)N(C)C)cc1NC(=O)[C@@H]1CC(=O)N(c2cccc3ccccc23)C1. The number of carbonyl (C=O) groups is 2. The van der Waals surface area contributed by atoms with Gasteiger partial charge in [-0.2, -0.15) is 0 Å². The normalized spacial score (nSPS) is 16.3. The fourth-order valence-electron chi connectivity index (χ4n) is 4.17. The highest BCUT2D eigenvalue weighted by molar-refractivity contribution is 7.89. The summed E-state index contributed by atoms with van der Waals surface area (Å²) in [6.07, 6.45) is 0.0854. The Hall–Kier alpha value is -3.43. The van der Waals surface area contributed by atoms with Gasteiger partial charge in [0.2, 0.25) is 21.8 Å². The number of sulfonamides is 1. The first-order chi connectivity index (χ1) is 16.1. The zero-order chi connectivity index (χ0) is 24.6. The lowest BCUT2D eigenvalue weighted by molar-refractivity contribution is -0.122. The van der Waals surface area contributed by atoms with Gasteiger partial charge in [-0.05, 0) is 29.7 Å². The highest BCUT2D eigenvalue weighted by Crippen LogP contribution is 2.33. The standard InChI is InChI=1S/C25H28N4O4S/c1-27(2)23-13-12-19(34(32,33)28(3)4)15-21(23)26-25(31)18-14-24(30)29(16-18)22-11-7-9-17-8-5-6-10-20(17)22/h5-13,15,18H,14,16H2,1-4H3,(H,26,31)/t18-/m1/s1. The maximum absolute atomic E-state index is 13.2. The lowest BCUT2D eigenvalue weighted by atomic mass is 10.1. The molecule has 1 heterocycles. The van der Waals surface area contributed by atoms with Crippen molar-refractivity contribution in [3.8, 4) is 0 Å². The van der Waals surface area contributed by atoms with Crippen molar-refractivity contribution in [3.05, 3.63) is 60.7 Å². The first-order valence-electron chi connectivity index (χ1n) is 10.9. The molecule has 3 aromatic carbocycles. The molecule has 1 aliphatic rings. The molecule has 8 nitrogen and oxygen atoms in total. The van der Waals surface area contributed by atoms with E-state index in [9.17, 15) is 18.0 Å². The fourth-order valence-corrected chi connectivity index (χ4v) is 5.10. The van der Waals surface area contributed by atoms with Gasteiger partial charge < -0.3 is 15.1 Å². The molecule has 1 fully saturated rings. The third kappa shape index (κ3) is 4.36. The Balaban J connectivity index is 1.60. The summed E-state index contributed by atoms with van der Waals surface area (Å²) in [6.45, 7) is 0.256. The number of hydrogen-bond donors (Lipinski definition) is 1. The summed E-state index contributed by atoms with van der Waals surface area (Å²) in [7, 11) is 2.87. The molecule has 0 aromatic heterocycles. The zero-order valence-electron chi connectivity index (χ0n) is 19.6. The molecular weight excluding hydrogens is 452 g/mol. The van der Waals surface area contributed by atoms with Crippen molar-refractivity contribution in [3.63, 3.8) is 0 Å². The largest absolute Gasteiger partial charge is 0.376 e. The quantitative estimate of drug-likeness (QED) is 0.585. The molecule has 9 heteroatoms. The van der Waals surface area contributed by atoms with E-state index in [-0.39, 0.29) is 29.7 Å². The van der Waals surface area contributed by atoms with Crippen molar-refractivity contribution in [2.75, 3.05) is 49.9 Å². The van der Waals surface area contributed by atoms with Gasteiger partial charge in [-0.15, -0.1) is 0 Å². The molecule has 0 bridgehead atoms. The number of rotatable bonds is 6. The van der Waals surface area contributed by atoms with Gasteiger partial charge in [0, 0.05) is 46.5 Å². The van der Waals surface area contributed by atoms with Crippen molar-refractivity contribution < 1.29 is 18.0 Å². The number of hydrogen-bond acceptors (Lipinski definition) is 5. The van der Waals surface area contributed by atoms with E-state index in [1.807, 2.05) is 56.6 Å². The van der Waals surface area contributed by atoms with Gasteiger partial charge in [0.05, 0.1) is 27.9 Å². The van der Waals surface area contributed by atoms with Crippen LogP contribution < -0.4 is 15.1 Å². The van der Waals surface area contributed by atoms with Crippen LogP contribution in [0.4, 0.5) is 17.1 Å². The summed E-state index contributed by atoms with van der Waals surface area (Å²) in [4.78, 5) is 29.6. The van der Waals surface area contributed by atoms with Crippen molar-refractivity contribution in [1.29, 1.82) is 0 Å². The average molecular weight is 481 g/mol. The minimum absolute atomic E-state index is 0.0817. The molecular formula is C25H28N4O4S. The molecule has 0 unspecified atom stereocenters. The Morgan fingerprint density at radius 1 is 1.00 bits per heavy atom. The number of fused-ring (bicyclic) bond motifs is 1. The molecule has 1 N–H and O–H groups in total. The topological polar surface area (TPSA) is 90.0 Å². The van der Waals surface area contributed by atoms with Crippen molar-refractivity contribution in [2.24, 2.45) is 5.92 Å². The van der Waals surface area contributed by atoms with E-state index in [0.717, 1.165) is 20.8 Å². The predicted octanol–water partition coefficient (Wildman–Crippen LogP) is 3.15. The minimum atomic E-state index is -3.67.